The molecule has 1 aromatic rings. The Kier molecular flexibility index (Phi) is 13.0. The standard InChI is InChI=1S/C17H30N4OS.HI/c1-5-6-9-18-17(20-13-16(22)21(3)4)19-12-14(2)11-15-8-7-10-23-15;/h7-8,10,14H,5-6,9,11-13H2,1-4H3,(H2,18,19,20);1H. The van der Waals surface area contributed by atoms with E-state index in [1.54, 1.807) is 30.3 Å². The van der Waals surface area contributed by atoms with E-state index in [0.29, 0.717) is 5.92 Å². The highest BCUT2D eigenvalue weighted by Crippen LogP contribution is 2.13. The predicted molar refractivity (Wildman–Crippen MR) is 115 cm³/mol. The molecular weight excluding hydrogens is 435 g/mol. The summed E-state index contributed by atoms with van der Waals surface area (Å²) in [7, 11) is 3.50. The summed E-state index contributed by atoms with van der Waals surface area (Å²) >= 11 is 1.80. The van der Waals surface area contributed by atoms with Crippen molar-refractivity contribution < 1.29 is 4.79 Å². The van der Waals surface area contributed by atoms with Gasteiger partial charge in [0, 0.05) is 32.1 Å². The minimum absolute atomic E-state index is 0. The number of rotatable bonds is 9. The Hall–Kier alpha value is -0.830. The third kappa shape index (κ3) is 10.1. The van der Waals surface area contributed by atoms with Crippen molar-refractivity contribution in [1.82, 2.24) is 15.5 Å². The van der Waals surface area contributed by atoms with Crippen LogP contribution in [-0.2, 0) is 11.2 Å². The lowest BCUT2D eigenvalue weighted by atomic mass is 10.1. The van der Waals surface area contributed by atoms with Gasteiger partial charge in [-0.25, -0.2) is 4.99 Å². The maximum absolute atomic E-state index is 11.7. The largest absolute Gasteiger partial charge is 0.356 e. The van der Waals surface area contributed by atoms with Crippen LogP contribution in [0, 0.1) is 5.92 Å². The second-order valence-electron chi connectivity index (χ2n) is 6.00. The molecule has 1 atom stereocenters. The molecular formula is C17H31IN4OS. The number of nitrogens with zero attached hydrogens (tertiary/aromatic N) is 2. The first kappa shape index (κ1) is 23.2. The number of nitrogens with one attached hydrogen (secondary N) is 2. The van der Waals surface area contributed by atoms with Gasteiger partial charge >= 0.3 is 0 Å². The van der Waals surface area contributed by atoms with Crippen LogP contribution >= 0.6 is 35.3 Å². The van der Waals surface area contributed by atoms with E-state index in [4.69, 9.17) is 0 Å². The molecule has 0 aromatic carbocycles. The van der Waals surface area contributed by atoms with Crippen LogP contribution < -0.4 is 10.6 Å². The van der Waals surface area contributed by atoms with E-state index in [1.165, 1.54) is 4.88 Å². The summed E-state index contributed by atoms with van der Waals surface area (Å²) in [6.45, 7) is 6.27. The Labute approximate surface area is 167 Å². The Morgan fingerprint density at radius 3 is 2.71 bits per heavy atom. The molecule has 24 heavy (non-hydrogen) atoms. The molecule has 5 nitrogen and oxygen atoms in total. The van der Waals surface area contributed by atoms with E-state index in [-0.39, 0.29) is 36.4 Å². The van der Waals surface area contributed by atoms with Crippen LogP contribution in [0.5, 0.6) is 0 Å². The van der Waals surface area contributed by atoms with E-state index in [9.17, 15) is 4.79 Å². The van der Waals surface area contributed by atoms with Gasteiger partial charge in [-0.1, -0.05) is 26.3 Å². The van der Waals surface area contributed by atoms with Crippen LogP contribution in [0.3, 0.4) is 0 Å². The zero-order valence-corrected chi connectivity index (χ0v) is 18.3. The summed E-state index contributed by atoms with van der Waals surface area (Å²) < 4.78 is 0. The number of thiophene rings is 1. The van der Waals surface area contributed by atoms with Crippen LogP contribution in [0.25, 0.3) is 0 Å². The number of unbranched alkanes of at least 4 members (excludes halogenated alkanes) is 1. The van der Waals surface area contributed by atoms with Crippen LogP contribution in [0.1, 0.15) is 31.6 Å². The molecule has 0 aliphatic rings. The van der Waals surface area contributed by atoms with Crippen LogP contribution in [-0.4, -0.2) is 50.5 Å². The van der Waals surface area contributed by atoms with Crippen molar-refractivity contribution in [3.8, 4) is 0 Å². The normalized spacial score (nSPS) is 12.2. The van der Waals surface area contributed by atoms with E-state index in [2.05, 4.69) is 47.0 Å². The topological polar surface area (TPSA) is 56.7 Å². The number of carbonyl (C=O) groups excluding carboxylic acids is 1. The van der Waals surface area contributed by atoms with Crippen molar-refractivity contribution in [3.63, 3.8) is 0 Å². The summed E-state index contributed by atoms with van der Waals surface area (Å²) in [6, 6.07) is 4.26. The highest BCUT2D eigenvalue weighted by Gasteiger charge is 2.08. The Bertz CT molecular complexity index is 477. The molecule has 1 heterocycles. The number of guanidine groups is 1. The minimum Gasteiger partial charge on any atom is -0.356 e. The molecule has 1 unspecified atom stereocenters. The van der Waals surface area contributed by atoms with Gasteiger partial charge in [-0.3, -0.25) is 4.79 Å². The van der Waals surface area contributed by atoms with Gasteiger partial charge in [0.2, 0.25) is 5.91 Å². The lowest BCUT2D eigenvalue weighted by Crippen LogP contribution is -2.41. The summed E-state index contributed by atoms with van der Waals surface area (Å²) in [4.78, 5) is 19.0. The van der Waals surface area contributed by atoms with Gasteiger partial charge in [0.25, 0.3) is 0 Å². The maximum Gasteiger partial charge on any atom is 0.243 e. The average molecular weight is 466 g/mol. The Morgan fingerprint density at radius 1 is 1.38 bits per heavy atom. The van der Waals surface area contributed by atoms with Crippen molar-refractivity contribution in [2.24, 2.45) is 10.9 Å². The highest BCUT2D eigenvalue weighted by molar-refractivity contribution is 14.0. The number of aliphatic imine (C=N–C) groups is 1. The first-order chi connectivity index (χ1) is 11.0. The van der Waals surface area contributed by atoms with Gasteiger partial charge in [-0.05, 0) is 30.2 Å². The lowest BCUT2D eigenvalue weighted by Gasteiger charge is -2.16. The van der Waals surface area contributed by atoms with Gasteiger partial charge in [0.05, 0.1) is 0 Å². The van der Waals surface area contributed by atoms with E-state index >= 15 is 0 Å². The number of likely N-dealkylation sites (N-methyl/N-ethyl adjacent to an activating group) is 1. The molecule has 0 spiro atoms. The summed E-state index contributed by atoms with van der Waals surface area (Å²) in [6.07, 6.45) is 3.28. The third-order valence-corrected chi connectivity index (χ3v) is 4.34. The monoisotopic (exact) mass is 466 g/mol. The molecule has 0 saturated carbocycles. The maximum atomic E-state index is 11.7. The molecule has 2 N–H and O–H groups in total. The predicted octanol–water partition coefficient (Wildman–Crippen LogP) is 2.97. The summed E-state index contributed by atoms with van der Waals surface area (Å²) in [5.74, 6) is 1.25. The number of halogens is 1. The molecule has 0 saturated heterocycles. The zero-order valence-electron chi connectivity index (χ0n) is 15.2. The fraction of sp³-hybridized carbons (Fsp3) is 0.647. The average Bonchev–Trinajstić information content (AvgIpc) is 3.01. The molecule has 0 fully saturated rings. The fourth-order valence-electron chi connectivity index (χ4n) is 1.96. The molecule has 7 heteroatoms. The van der Waals surface area contributed by atoms with Gasteiger partial charge in [-0.15, -0.1) is 35.3 Å². The highest BCUT2D eigenvalue weighted by atomic mass is 127. The number of hydrogen-bond donors (Lipinski definition) is 2. The van der Waals surface area contributed by atoms with E-state index in [1.807, 2.05) is 0 Å². The van der Waals surface area contributed by atoms with Gasteiger partial charge in [0.15, 0.2) is 5.96 Å². The minimum atomic E-state index is 0. The second kappa shape index (κ2) is 13.5. The van der Waals surface area contributed by atoms with E-state index < -0.39 is 0 Å². The Balaban J connectivity index is 0.00000529. The van der Waals surface area contributed by atoms with Crippen molar-refractivity contribution in [2.75, 3.05) is 33.7 Å². The van der Waals surface area contributed by atoms with Crippen molar-refractivity contribution in [2.45, 2.75) is 33.1 Å². The smallest absolute Gasteiger partial charge is 0.243 e. The quantitative estimate of drug-likeness (QED) is 0.255. The molecule has 1 amide bonds. The molecule has 0 radical (unpaired) electrons. The lowest BCUT2D eigenvalue weighted by molar-refractivity contribution is -0.127. The number of carbonyl (C=O) groups is 1. The van der Waals surface area contributed by atoms with Crippen LogP contribution in [0.2, 0.25) is 0 Å². The Morgan fingerprint density at radius 2 is 2.12 bits per heavy atom. The molecule has 0 aliphatic carbocycles. The molecule has 0 aliphatic heterocycles. The summed E-state index contributed by atoms with van der Waals surface area (Å²) in [5, 5.41) is 8.77. The van der Waals surface area contributed by atoms with Crippen molar-refractivity contribution >= 4 is 47.2 Å². The van der Waals surface area contributed by atoms with Crippen LogP contribution in [0.15, 0.2) is 22.5 Å². The molecule has 1 rings (SSSR count). The van der Waals surface area contributed by atoms with Gasteiger partial charge in [0.1, 0.15) is 6.54 Å². The third-order valence-electron chi connectivity index (χ3n) is 3.44. The summed E-state index contributed by atoms with van der Waals surface area (Å²) in [5.41, 5.74) is 0. The van der Waals surface area contributed by atoms with Gasteiger partial charge in [-0.2, -0.15) is 0 Å². The van der Waals surface area contributed by atoms with Crippen LogP contribution in [0.4, 0.5) is 0 Å². The van der Waals surface area contributed by atoms with Crippen molar-refractivity contribution in [3.05, 3.63) is 22.4 Å². The zero-order chi connectivity index (χ0) is 17.1. The molecule has 1 aromatic heterocycles. The fourth-order valence-corrected chi connectivity index (χ4v) is 2.83. The second-order valence-corrected chi connectivity index (χ2v) is 7.04. The number of hydrogen-bond acceptors (Lipinski definition) is 3. The van der Waals surface area contributed by atoms with Gasteiger partial charge < -0.3 is 15.5 Å². The van der Waals surface area contributed by atoms with Crippen molar-refractivity contribution in [1.29, 1.82) is 0 Å². The SMILES string of the molecule is CCCCNC(=NCC(=O)N(C)C)NCC(C)Cc1cccs1.I. The van der Waals surface area contributed by atoms with E-state index in [0.717, 1.165) is 38.3 Å². The first-order valence-electron chi connectivity index (χ1n) is 8.27. The first-order valence-corrected chi connectivity index (χ1v) is 9.15. The number of amides is 1. The molecule has 0 bridgehead atoms. The molecule has 138 valence electrons.